The highest BCUT2D eigenvalue weighted by Gasteiger charge is 2.28. The third-order valence-corrected chi connectivity index (χ3v) is 5.95. The number of rotatable bonds is 9. The second-order valence-electron chi connectivity index (χ2n) is 9.18. The fraction of sp³-hybridized carbons (Fsp3) is 0.462. The van der Waals surface area contributed by atoms with E-state index in [2.05, 4.69) is 42.0 Å². The van der Waals surface area contributed by atoms with Gasteiger partial charge in [-0.05, 0) is 55.0 Å². The average molecular weight is 503 g/mol. The number of carbonyl (C=O) groups is 2. The van der Waals surface area contributed by atoms with Crippen molar-refractivity contribution in [1.82, 2.24) is 10.2 Å². The predicted molar refractivity (Wildman–Crippen MR) is 133 cm³/mol. The molecule has 0 unspecified atom stereocenters. The van der Waals surface area contributed by atoms with E-state index < -0.39 is 6.04 Å². The van der Waals surface area contributed by atoms with E-state index in [1.54, 1.807) is 11.8 Å². The molecule has 0 heterocycles. The van der Waals surface area contributed by atoms with Crippen molar-refractivity contribution in [2.24, 2.45) is 0 Å². The summed E-state index contributed by atoms with van der Waals surface area (Å²) >= 11 is 3.48. The smallest absolute Gasteiger partial charge is 0.261 e. The van der Waals surface area contributed by atoms with Gasteiger partial charge < -0.3 is 15.0 Å². The zero-order chi connectivity index (χ0) is 23.9. The van der Waals surface area contributed by atoms with Crippen LogP contribution in [0.3, 0.4) is 0 Å². The Morgan fingerprint density at radius 2 is 1.78 bits per heavy atom. The van der Waals surface area contributed by atoms with Crippen molar-refractivity contribution in [1.29, 1.82) is 0 Å². The molecule has 2 atom stereocenters. The zero-order valence-electron chi connectivity index (χ0n) is 19.9. The number of carbonyl (C=O) groups excluding carboxylic acids is 2. The number of amides is 2. The molecule has 2 amide bonds. The van der Waals surface area contributed by atoms with Crippen LogP contribution in [0.25, 0.3) is 0 Å². The Balaban J connectivity index is 2.23. The van der Waals surface area contributed by atoms with Gasteiger partial charge in [-0.15, -0.1) is 0 Å². The quantitative estimate of drug-likeness (QED) is 0.495. The third-order valence-electron chi connectivity index (χ3n) is 5.46. The molecule has 6 heteroatoms. The molecule has 0 radical (unpaired) electrons. The number of nitrogens with zero attached hydrogens (tertiary/aromatic N) is 1. The van der Waals surface area contributed by atoms with Crippen molar-refractivity contribution in [3.05, 3.63) is 64.1 Å². The zero-order valence-corrected chi connectivity index (χ0v) is 21.5. The molecule has 32 heavy (non-hydrogen) atoms. The SMILES string of the molecule is CC[C@H](C)NC(=O)[C@H](C)N(Cc1cccc(Br)c1)C(=O)COc1ccccc1C(C)(C)C. The van der Waals surface area contributed by atoms with Gasteiger partial charge in [-0.1, -0.05) is 74.0 Å². The highest BCUT2D eigenvalue weighted by Crippen LogP contribution is 2.31. The maximum Gasteiger partial charge on any atom is 0.261 e. The van der Waals surface area contributed by atoms with Crippen LogP contribution in [0.2, 0.25) is 0 Å². The first-order valence-electron chi connectivity index (χ1n) is 11.1. The summed E-state index contributed by atoms with van der Waals surface area (Å²) in [5.41, 5.74) is 1.86. The molecule has 0 aliphatic rings. The summed E-state index contributed by atoms with van der Waals surface area (Å²) in [5.74, 6) is 0.283. The molecule has 5 nitrogen and oxygen atoms in total. The van der Waals surface area contributed by atoms with Gasteiger partial charge in [-0.2, -0.15) is 0 Å². The van der Waals surface area contributed by atoms with E-state index >= 15 is 0 Å². The first-order chi connectivity index (χ1) is 15.0. The monoisotopic (exact) mass is 502 g/mol. The molecule has 0 bridgehead atoms. The summed E-state index contributed by atoms with van der Waals surface area (Å²) < 4.78 is 6.89. The van der Waals surface area contributed by atoms with Gasteiger partial charge in [0.05, 0.1) is 0 Å². The van der Waals surface area contributed by atoms with Gasteiger partial charge in [-0.3, -0.25) is 9.59 Å². The molecular formula is C26H35BrN2O3. The van der Waals surface area contributed by atoms with Gasteiger partial charge in [0, 0.05) is 17.1 Å². The molecule has 174 valence electrons. The Kier molecular flexibility index (Phi) is 9.32. The fourth-order valence-corrected chi connectivity index (χ4v) is 3.76. The van der Waals surface area contributed by atoms with E-state index in [1.807, 2.05) is 62.4 Å². The lowest BCUT2D eigenvalue weighted by Gasteiger charge is -2.30. The van der Waals surface area contributed by atoms with Crippen LogP contribution in [-0.4, -0.2) is 35.4 Å². The Hall–Kier alpha value is -2.34. The summed E-state index contributed by atoms with van der Waals surface area (Å²) in [6, 6.07) is 14.9. The molecule has 0 aromatic heterocycles. The van der Waals surface area contributed by atoms with E-state index in [0.29, 0.717) is 12.3 Å². The van der Waals surface area contributed by atoms with Crippen molar-refractivity contribution < 1.29 is 14.3 Å². The lowest BCUT2D eigenvalue weighted by atomic mass is 9.86. The number of para-hydroxylation sites is 1. The van der Waals surface area contributed by atoms with Crippen LogP contribution in [-0.2, 0) is 21.5 Å². The van der Waals surface area contributed by atoms with Crippen molar-refractivity contribution in [3.63, 3.8) is 0 Å². The van der Waals surface area contributed by atoms with Crippen molar-refractivity contribution in [2.75, 3.05) is 6.61 Å². The lowest BCUT2D eigenvalue weighted by Crippen LogP contribution is -2.50. The van der Waals surface area contributed by atoms with Crippen LogP contribution in [0, 0.1) is 0 Å². The minimum atomic E-state index is -0.628. The van der Waals surface area contributed by atoms with Crippen molar-refractivity contribution in [3.8, 4) is 5.75 Å². The summed E-state index contributed by atoms with van der Waals surface area (Å²) in [6.45, 7) is 12.2. The summed E-state index contributed by atoms with van der Waals surface area (Å²) in [5, 5.41) is 2.98. The molecule has 1 N–H and O–H groups in total. The molecule has 0 aliphatic carbocycles. The molecule has 0 saturated carbocycles. The van der Waals surface area contributed by atoms with Crippen LogP contribution in [0.4, 0.5) is 0 Å². The first-order valence-corrected chi connectivity index (χ1v) is 11.9. The highest BCUT2D eigenvalue weighted by atomic mass is 79.9. The van der Waals surface area contributed by atoms with Gasteiger partial charge in [0.25, 0.3) is 5.91 Å². The van der Waals surface area contributed by atoms with E-state index in [1.165, 1.54) is 0 Å². The summed E-state index contributed by atoms with van der Waals surface area (Å²) in [4.78, 5) is 27.7. The fourth-order valence-electron chi connectivity index (χ4n) is 3.31. The molecule has 2 rings (SSSR count). The maximum absolute atomic E-state index is 13.3. The molecule has 2 aromatic rings. The third kappa shape index (κ3) is 7.37. The van der Waals surface area contributed by atoms with Gasteiger partial charge in [0.1, 0.15) is 11.8 Å². The Morgan fingerprint density at radius 3 is 2.41 bits per heavy atom. The summed E-state index contributed by atoms with van der Waals surface area (Å²) in [7, 11) is 0. The average Bonchev–Trinajstić information content (AvgIpc) is 2.74. The normalized spacial score (nSPS) is 13.2. The Bertz CT molecular complexity index is 923. The van der Waals surface area contributed by atoms with Crippen LogP contribution < -0.4 is 10.1 Å². The number of hydrogen-bond donors (Lipinski definition) is 1. The predicted octanol–water partition coefficient (Wildman–Crippen LogP) is 5.46. The van der Waals surface area contributed by atoms with Gasteiger partial charge >= 0.3 is 0 Å². The highest BCUT2D eigenvalue weighted by molar-refractivity contribution is 9.10. The molecule has 0 fully saturated rings. The minimum Gasteiger partial charge on any atom is -0.483 e. The first kappa shape index (κ1) is 25.9. The van der Waals surface area contributed by atoms with Crippen LogP contribution in [0.1, 0.15) is 59.1 Å². The number of benzene rings is 2. The number of ether oxygens (including phenoxy) is 1. The second kappa shape index (κ2) is 11.5. The molecule has 0 spiro atoms. The van der Waals surface area contributed by atoms with Crippen molar-refractivity contribution in [2.45, 2.75) is 72.0 Å². The maximum atomic E-state index is 13.3. The molecule has 0 aliphatic heterocycles. The number of halogens is 1. The summed E-state index contributed by atoms with van der Waals surface area (Å²) in [6.07, 6.45) is 0.824. The van der Waals surface area contributed by atoms with Gasteiger partial charge in [0.2, 0.25) is 5.91 Å². The molecule has 2 aromatic carbocycles. The van der Waals surface area contributed by atoms with Crippen molar-refractivity contribution >= 4 is 27.7 Å². The molecule has 0 saturated heterocycles. The van der Waals surface area contributed by atoms with Crippen LogP contribution >= 0.6 is 15.9 Å². The standard InChI is InChI=1S/C26H35BrN2O3/c1-7-18(2)28-25(31)19(3)29(16-20-11-10-12-21(27)15-20)24(30)17-32-23-14-9-8-13-22(23)26(4,5)6/h8-15,18-19H,7,16-17H2,1-6H3,(H,28,31)/t18-,19-/m0/s1. The van der Waals surface area contributed by atoms with E-state index in [9.17, 15) is 9.59 Å². The van der Waals surface area contributed by atoms with E-state index in [-0.39, 0.29) is 29.9 Å². The number of hydrogen-bond acceptors (Lipinski definition) is 3. The van der Waals surface area contributed by atoms with Gasteiger partial charge in [0.15, 0.2) is 6.61 Å². The Morgan fingerprint density at radius 1 is 1.09 bits per heavy atom. The van der Waals surface area contributed by atoms with Gasteiger partial charge in [-0.25, -0.2) is 0 Å². The topological polar surface area (TPSA) is 58.6 Å². The second-order valence-corrected chi connectivity index (χ2v) is 10.1. The minimum absolute atomic E-state index is 0.0442. The largest absolute Gasteiger partial charge is 0.483 e. The van der Waals surface area contributed by atoms with E-state index in [4.69, 9.17) is 4.74 Å². The lowest BCUT2D eigenvalue weighted by molar-refractivity contribution is -0.142. The van der Waals surface area contributed by atoms with E-state index in [0.717, 1.165) is 22.0 Å². The van der Waals surface area contributed by atoms with Crippen LogP contribution in [0.15, 0.2) is 53.0 Å². The van der Waals surface area contributed by atoms with Crippen LogP contribution in [0.5, 0.6) is 5.75 Å². The Labute approximate surface area is 200 Å². The molecular weight excluding hydrogens is 468 g/mol. The number of nitrogens with one attached hydrogen (secondary N) is 1.